The molecule has 1 aliphatic rings. The molecule has 0 unspecified atom stereocenters. The number of aliphatic hydroxyl groups is 1. The standard InChI is InChI=1S/C33H36FN7O3/c1-33(2,3)21-15-20-17-38(5)41(32(44)29(20)25(34)16-21)27-8-6-7-26(24(27)19-42)40-18-23(30(35)43)22-9-10-28(36-31(22)40)39-13-11-37(4)12-14-39/h6-10,15-18,42H,11-14,19H2,1-5H3,(H-,35,43)/p+1. The molecule has 4 heterocycles. The number of nitrogens with two attached hydrogens (primary N) is 1. The summed E-state index contributed by atoms with van der Waals surface area (Å²) in [6.07, 6.45) is 3.33. The van der Waals surface area contributed by atoms with Crippen molar-refractivity contribution in [3.8, 4) is 11.4 Å². The highest BCUT2D eigenvalue weighted by molar-refractivity contribution is 6.06. The van der Waals surface area contributed by atoms with E-state index >= 15 is 4.39 Å². The van der Waals surface area contributed by atoms with Gasteiger partial charge in [-0.1, -0.05) is 31.5 Å². The number of anilines is 1. The summed E-state index contributed by atoms with van der Waals surface area (Å²) in [6.45, 7) is 8.96. The second-order valence-corrected chi connectivity index (χ2v) is 12.5. The predicted molar refractivity (Wildman–Crippen MR) is 168 cm³/mol. The van der Waals surface area contributed by atoms with E-state index in [4.69, 9.17) is 10.7 Å². The number of piperazine rings is 1. The number of nitrogens with zero attached hydrogens (tertiary/aromatic N) is 6. The van der Waals surface area contributed by atoms with Gasteiger partial charge < -0.3 is 20.6 Å². The number of hydrogen-bond acceptors (Lipinski definition) is 6. The molecule has 1 aliphatic heterocycles. The number of aryl methyl sites for hydroxylation is 1. The third kappa shape index (κ3) is 4.91. The van der Waals surface area contributed by atoms with Gasteiger partial charge in [0.1, 0.15) is 23.0 Å². The highest BCUT2D eigenvalue weighted by atomic mass is 19.1. The fraction of sp³-hybridized carbons (Fsp3) is 0.333. The van der Waals surface area contributed by atoms with E-state index in [1.165, 1.54) is 10.7 Å². The molecule has 0 radical (unpaired) electrons. The van der Waals surface area contributed by atoms with Crippen LogP contribution in [0.25, 0.3) is 33.2 Å². The topological polar surface area (TPSA) is 114 Å². The predicted octanol–water partition coefficient (Wildman–Crippen LogP) is 2.93. The van der Waals surface area contributed by atoms with Crippen LogP contribution >= 0.6 is 0 Å². The van der Waals surface area contributed by atoms with Crippen LogP contribution in [0.1, 0.15) is 42.3 Å². The van der Waals surface area contributed by atoms with Gasteiger partial charge in [-0.25, -0.2) is 9.37 Å². The Hall–Kier alpha value is -4.61. The lowest BCUT2D eigenvalue weighted by Gasteiger charge is -2.33. The number of aliphatic hydroxyl groups excluding tert-OH is 1. The molecule has 3 aromatic heterocycles. The Bertz CT molecular complexity index is 2000. The number of fused-ring (bicyclic) bond motifs is 2. The van der Waals surface area contributed by atoms with Gasteiger partial charge in [-0.05, 0) is 54.4 Å². The number of benzene rings is 2. The summed E-state index contributed by atoms with van der Waals surface area (Å²) in [5, 5.41) is 11.8. The Morgan fingerprint density at radius 2 is 1.80 bits per heavy atom. The molecular weight excluding hydrogens is 561 g/mol. The van der Waals surface area contributed by atoms with Crippen LogP contribution in [0.3, 0.4) is 0 Å². The van der Waals surface area contributed by atoms with Crippen molar-refractivity contribution in [2.75, 3.05) is 38.1 Å². The van der Waals surface area contributed by atoms with Crippen LogP contribution in [0, 0.1) is 5.82 Å². The van der Waals surface area contributed by atoms with Gasteiger partial charge in [0.15, 0.2) is 7.05 Å². The molecule has 228 valence electrons. The van der Waals surface area contributed by atoms with Gasteiger partial charge in [-0.2, -0.15) is 0 Å². The van der Waals surface area contributed by atoms with Crippen LogP contribution in [-0.4, -0.2) is 63.4 Å². The van der Waals surface area contributed by atoms with Gasteiger partial charge in [-0.15, -0.1) is 4.68 Å². The maximum Gasteiger partial charge on any atom is 0.317 e. The van der Waals surface area contributed by atoms with E-state index in [9.17, 15) is 14.7 Å². The van der Waals surface area contributed by atoms with Crippen molar-refractivity contribution in [3.05, 3.63) is 87.7 Å². The summed E-state index contributed by atoms with van der Waals surface area (Å²) in [6, 6.07) is 12.2. The largest absolute Gasteiger partial charge is 0.392 e. The minimum atomic E-state index is -0.605. The average Bonchev–Trinajstić information content (AvgIpc) is 3.35. The number of primary amides is 1. The minimum Gasteiger partial charge on any atom is -0.392 e. The first kappa shape index (κ1) is 29.5. The smallest absolute Gasteiger partial charge is 0.317 e. The van der Waals surface area contributed by atoms with Crippen molar-refractivity contribution in [2.24, 2.45) is 12.8 Å². The summed E-state index contributed by atoms with van der Waals surface area (Å²) in [7, 11) is 3.79. The molecule has 11 heteroatoms. The zero-order chi connectivity index (χ0) is 31.5. The molecule has 0 atom stereocenters. The number of rotatable bonds is 5. The molecule has 2 aromatic carbocycles. The van der Waals surface area contributed by atoms with Gasteiger partial charge in [0.05, 0.1) is 28.6 Å². The van der Waals surface area contributed by atoms with Crippen LogP contribution in [0.5, 0.6) is 0 Å². The third-order valence-corrected chi connectivity index (χ3v) is 8.54. The van der Waals surface area contributed by atoms with E-state index in [0.717, 1.165) is 37.6 Å². The molecule has 1 saturated heterocycles. The lowest BCUT2D eigenvalue weighted by molar-refractivity contribution is -0.748. The Labute approximate surface area is 254 Å². The number of pyridine rings is 1. The van der Waals surface area contributed by atoms with Crippen molar-refractivity contribution in [1.29, 1.82) is 0 Å². The van der Waals surface area contributed by atoms with Crippen LogP contribution in [0.4, 0.5) is 10.2 Å². The zero-order valence-corrected chi connectivity index (χ0v) is 25.6. The summed E-state index contributed by atoms with van der Waals surface area (Å²) >= 11 is 0. The number of amides is 1. The first-order valence-electron chi connectivity index (χ1n) is 14.6. The van der Waals surface area contributed by atoms with Gasteiger partial charge in [0.25, 0.3) is 5.91 Å². The third-order valence-electron chi connectivity index (χ3n) is 8.54. The quantitative estimate of drug-likeness (QED) is 0.301. The Morgan fingerprint density at radius 1 is 1.09 bits per heavy atom. The van der Waals surface area contributed by atoms with E-state index in [-0.39, 0.29) is 16.4 Å². The number of carbonyl (C=O) groups is 1. The van der Waals surface area contributed by atoms with Gasteiger partial charge in [0.2, 0.25) is 6.20 Å². The second-order valence-electron chi connectivity index (χ2n) is 12.5. The van der Waals surface area contributed by atoms with Crippen LogP contribution in [0.2, 0.25) is 0 Å². The van der Waals surface area contributed by atoms with E-state index in [1.807, 2.05) is 39.0 Å². The van der Waals surface area contributed by atoms with Crippen molar-refractivity contribution in [3.63, 3.8) is 0 Å². The molecule has 44 heavy (non-hydrogen) atoms. The zero-order valence-electron chi connectivity index (χ0n) is 25.6. The van der Waals surface area contributed by atoms with Crippen LogP contribution < -0.4 is 20.9 Å². The Morgan fingerprint density at radius 3 is 2.45 bits per heavy atom. The first-order chi connectivity index (χ1) is 20.9. The molecule has 6 rings (SSSR count). The summed E-state index contributed by atoms with van der Waals surface area (Å²) < 4.78 is 20.2. The SMILES string of the molecule is CN1CCN(c2ccc3c(C(N)=O)cn(-c4cccc(-n5c(=O)c6c(F)cc(C(C)(C)C)cc6c[n+]5C)c4CO)c3n2)CC1. The van der Waals surface area contributed by atoms with Gasteiger partial charge in [-0.3, -0.25) is 14.2 Å². The highest BCUT2D eigenvalue weighted by Gasteiger charge is 2.26. The maximum absolute atomic E-state index is 15.5. The van der Waals surface area contributed by atoms with Crippen molar-refractivity contribution >= 4 is 33.5 Å². The summed E-state index contributed by atoms with van der Waals surface area (Å²) in [5.41, 5.74) is 7.77. The van der Waals surface area contributed by atoms with E-state index in [2.05, 4.69) is 16.8 Å². The maximum atomic E-state index is 15.5. The van der Waals surface area contributed by atoms with E-state index in [1.54, 1.807) is 46.9 Å². The first-order valence-corrected chi connectivity index (χ1v) is 14.6. The van der Waals surface area contributed by atoms with E-state index < -0.39 is 23.9 Å². The molecule has 0 saturated carbocycles. The monoisotopic (exact) mass is 598 g/mol. The van der Waals surface area contributed by atoms with Gasteiger partial charge >= 0.3 is 5.56 Å². The van der Waals surface area contributed by atoms with Gasteiger partial charge in [0, 0.05) is 43.3 Å². The lowest BCUT2D eigenvalue weighted by atomic mass is 9.86. The molecule has 5 aromatic rings. The molecular formula is C33H37FN7O3+. The van der Waals surface area contributed by atoms with Crippen LogP contribution in [-0.2, 0) is 19.1 Å². The number of halogens is 1. The molecule has 0 bridgehead atoms. The summed E-state index contributed by atoms with van der Waals surface area (Å²) in [4.78, 5) is 35.8. The summed E-state index contributed by atoms with van der Waals surface area (Å²) in [5.74, 6) is -0.437. The van der Waals surface area contributed by atoms with E-state index in [0.29, 0.717) is 33.4 Å². The fourth-order valence-corrected chi connectivity index (χ4v) is 6.01. The highest BCUT2D eigenvalue weighted by Crippen LogP contribution is 2.31. The number of carbonyl (C=O) groups excluding carboxylic acids is 1. The molecule has 1 amide bonds. The molecule has 3 N–H and O–H groups in total. The molecule has 1 fully saturated rings. The number of aromatic nitrogens is 4. The van der Waals surface area contributed by atoms with Crippen molar-refractivity contribution in [1.82, 2.24) is 19.1 Å². The lowest BCUT2D eigenvalue weighted by Crippen LogP contribution is -2.48. The minimum absolute atomic E-state index is 0.0358. The number of hydrogen-bond donors (Lipinski definition) is 2. The molecule has 0 aliphatic carbocycles. The van der Waals surface area contributed by atoms with Crippen molar-refractivity contribution in [2.45, 2.75) is 32.8 Å². The molecule has 10 nitrogen and oxygen atoms in total. The van der Waals surface area contributed by atoms with Crippen molar-refractivity contribution < 1.29 is 19.0 Å². The Kier molecular flexibility index (Phi) is 7.25. The average molecular weight is 599 g/mol. The number of likely N-dealkylation sites (N-methyl/N-ethyl adjacent to an activating group) is 1. The fourth-order valence-electron chi connectivity index (χ4n) is 6.01. The molecule has 0 spiro atoms. The normalized spacial score (nSPS) is 14.6. The van der Waals surface area contributed by atoms with Crippen LogP contribution in [0.15, 0.2) is 59.7 Å². The second kappa shape index (κ2) is 10.8. The Balaban J connectivity index is 1.56.